The number of carbonyl (C=O) groups is 1. The first-order valence-corrected chi connectivity index (χ1v) is 8.08. The van der Waals surface area contributed by atoms with Crippen LogP contribution in [0.25, 0.3) is 0 Å². The number of amides is 1. The molecule has 0 bridgehead atoms. The van der Waals surface area contributed by atoms with E-state index in [2.05, 4.69) is 16.4 Å². The van der Waals surface area contributed by atoms with Crippen molar-refractivity contribution in [3.05, 3.63) is 77.2 Å². The number of hydrogen-bond donors (Lipinski definition) is 1. The molecule has 3 aromatic rings. The number of para-hydroxylation sites is 1. The summed E-state index contributed by atoms with van der Waals surface area (Å²) >= 11 is 0. The van der Waals surface area contributed by atoms with Crippen LogP contribution in [-0.4, -0.2) is 22.6 Å². The Kier molecular flexibility index (Phi) is 4.99. The second-order valence-corrected chi connectivity index (χ2v) is 5.76. The van der Waals surface area contributed by atoms with Gasteiger partial charge in [-0.2, -0.15) is 5.26 Å². The highest BCUT2D eigenvalue weighted by molar-refractivity contribution is 6.05. The van der Waals surface area contributed by atoms with E-state index in [1.54, 1.807) is 30.1 Å². The molecule has 1 aromatic heterocycles. The third kappa shape index (κ3) is 3.42. The van der Waals surface area contributed by atoms with Crippen LogP contribution >= 0.6 is 0 Å². The number of benzene rings is 2. The highest BCUT2D eigenvalue weighted by Gasteiger charge is 2.16. The second-order valence-electron chi connectivity index (χ2n) is 5.76. The Bertz CT molecular complexity index is 985. The van der Waals surface area contributed by atoms with E-state index in [1.807, 2.05) is 43.3 Å². The highest BCUT2D eigenvalue weighted by Crippen LogP contribution is 2.21. The summed E-state index contributed by atoms with van der Waals surface area (Å²) in [4.78, 5) is 16.7. The Labute approximate surface area is 151 Å². The molecule has 2 aromatic carbocycles. The highest BCUT2D eigenvalue weighted by atomic mass is 16.5. The molecular weight excluding hydrogens is 328 g/mol. The minimum absolute atomic E-state index is 0.246. The number of nitrogens with one attached hydrogen (secondary N) is 1. The van der Waals surface area contributed by atoms with Gasteiger partial charge in [-0.25, -0.2) is 4.98 Å². The summed E-state index contributed by atoms with van der Waals surface area (Å²) in [5.74, 6) is 0.688. The van der Waals surface area contributed by atoms with Crippen molar-refractivity contribution < 1.29 is 9.53 Å². The number of ether oxygens (including phenoxy) is 1. The third-order valence-electron chi connectivity index (χ3n) is 4.10. The van der Waals surface area contributed by atoms with Crippen molar-refractivity contribution in [3.8, 4) is 11.8 Å². The van der Waals surface area contributed by atoms with Gasteiger partial charge in [0.1, 0.15) is 11.8 Å². The van der Waals surface area contributed by atoms with Gasteiger partial charge in [-0.1, -0.05) is 36.4 Å². The van der Waals surface area contributed by atoms with Crippen LogP contribution in [0.1, 0.15) is 27.2 Å². The number of nitriles is 1. The van der Waals surface area contributed by atoms with Crippen molar-refractivity contribution in [1.82, 2.24) is 9.55 Å². The van der Waals surface area contributed by atoms with Gasteiger partial charge in [0.05, 0.1) is 20.0 Å². The maximum atomic E-state index is 12.5. The topological polar surface area (TPSA) is 79.9 Å². The molecule has 1 amide bonds. The maximum absolute atomic E-state index is 12.5. The zero-order valence-electron chi connectivity index (χ0n) is 14.6. The van der Waals surface area contributed by atoms with Gasteiger partial charge in [0.2, 0.25) is 0 Å². The molecule has 0 saturated carbocycles. The summed E-state index contributed by atoms with van der Waals surface area (Å²) in [6.07, 6.45) is 1.54. The lowest BCUT2D eigenvalue weighted by Gasteiger charge is -2.10. The Morgan fingerprint density at radius 3 is 2.69 bits per heavy atom. The average Bonchev–Trinajstić information content (AvgIpc) is 3.03. The Morgan fingerprint density at radius 1 is 1.23 bits per heavy atom. The number of imidazole rings is 1. The van der Waals surface area contributed by atoms with Crippen LogP contribution in [-0.2, 0) is 6.54 Å². The van der Waals surface area contributed by atoms with Crippen molar-refractivity contribution in [2.45, 2.75) is 13.5 Å². The van der Waals surface area contributed by atoms with Crippen LogP contribution in [0.2, 0.25) is 0 Å². The monoisotopic (exact) mass is 346 g/mol. The fourth-order valence-electron chi connectivity index (χ4n) is 2.73. The molecule has 1 N–H and O–H groups in total. The van der Waals surface area contributed by atoms with Crippen LogP contribution in [0.15, 0.2) is 54.9 Å². The smallest absolute Gasteiger partial charge is 0.257 e. The molecule has 6 nitrogen and oxygen atoms in total. The lowest BCUT2D eigenvalue weighted by atomic mass is 10.1. The first kappa shape index (κ1) is 17.2. The van der Waals surface area contributed by atoms with E-state index in [0.717, 1.165) is 16.9 Å². The summed E-state index contributed by atoms with van der Waals surface area (Å²) in [5, 5.41) is 12.3. The minimum atomic E-state index is -0.290. The molecule has 6 heteroatoms. The molecule has 0 aliphatic carbocycles. The van der Waals surface area contributed by atoms with Crippen molar-refractivity contribution in [2.75, 3.05) is 12.4 Å². The van der Waals surface area contributed by atoms with Crippen LogP contribution in [0, 0.1) is 18.3 Å². The molecule has 0 aliphatic rings. The fourth-order valence-corrected chi connectivity index (χ4v) is 2.73. The molecular formula is C20H18N4O2. The first-order valence-electron chi connectivity index (χ1n) is 8.08. The Hall–Kier alpha value is -3.59. The second kappa shape index (κ2) is 7.53. The van der Waals surface area contributed by atoms with E-state index in [-0.39, 0.29) is 17.4 Å². The van der Waals surface area contributed by atoms with Gasteiger partial charge in [0, 0.05) is 11.1 Å². The van der Waals surface area contributed by atoms with Gasteiger partial charge in [0.15, 0.2) is 11.5 Å². The predicted octanol–water partition coefficient (Wildman–Crippen LogP) is 3.37. The summed E-state index contributed by atoms with van der Waals surface area (Å²) in [6, 6.07) is 17.0. The molecule has 0 aliphatic heterocycles. The number of carbonyl (C=O) groups excluding carboxylic acids is 1. The normalized spacial score (nSPS) is 10.2. The molecule has 3 rings (SSSR count). The van der Waals surface area contributed by atoms with E-state index in [9.17, 15) is 10.1 Å². The lowest BCUT2D eigenvalue weighted by Crippen LogP contribution is -2.15. The lowest BCUT2D eigenvalue weighted by molar-refractivity contribution is 0.102. The molecule has 0 unspecified atom stereocenters. The fraction of sp³-hybridized carbons (Fsp3) is 0.150. The zero-order chi connectivity index (χ0) is 18.5. The van der Waals surface area contributed by atoms with Gasteiger partial charge in [-0.05, 0) is 24.6 Å². The number of aromatic nitrogens is 2. The Morgan fingerprint density at radius 2 is 1.96 bits per heavy atom. The molecule has 26 heavy (non-hydrogen) atoms. The molecule has 0 fully saturated rings. The van der Waals surface area contributed by atoms with E-state index < -0.39 is 0 Å². The van der Waals surface area contributed by atoms with Crippen LogP contribution in [0.3, 0.4) is 0 Å². The molecule has 0 atom stereocenters. The van der Waals surface area contributed by atoms with Gasteiger partial charge in [-0.3, -0.25) is 4.79 Å². The third-order valence-corrected chi connectivity index (χ3v) is 4.10. The molecule has 0 radical (unpaired) electrons. The maximum Gasteiger partial charge on any atom is 0.257 e. The molecule has 0 saturated heterocycles. The van der Waals surface area contributed by atoms with E-state index in [0.29, 0.717) is 12.1 Å². The first-order chi connectivity index (χ1) is 12.6. The van der Waals surface area contributed by atoms with E-state index in [4.69, 9.17) is 4.74 Å². The number of anilines is 1. The van der Waals surface area contributed by atoms with Crippen molar-refractivity contribution >= 4 is 11.7 Å². The predicted molar refractivity (Wildman–Crippen MR) is 98.2 cm³/mol. The van der Waals surface area contributed by atoms with Gasteiger partial charge in [0.25, 0.3) is 5.91 Å². The number of nitrogens with zero attached hydrogens (tertiary/aromatic N) is 3. The van der Waals surface area contributed by atoms with Crippen LogP contribution < -0.4 is 10.1 Å². The molecule has 1 heterocycles. The minimum Gasteiger partial charge on any atom is -0.496 e. The standard InChI is InChI=1S/C20H18N4O2/c1-14-7-3-5-9-16(14)20(25)23-19-17(11-21)24(13-22-19)12-15-8-4-6-10-18(15)26-2/h3-10,13H,12H2,1-2H3,(H,23,25). The number of rotatable bonds is 5. The van der Waals surface area contributed by atoms with Crippen molar-refractivity contribution in [3.63, 3.8) is 0 Å². The summed E-state index contributed by atoms with van der Waals surface area (Å²) in [5.41, 5.74) is 2.62. The SMILES string of the molecule is COc1ccccc1Cn1cnc(NC(=O)c2ccccc2C)c1C#N. The number of methoxy groups -OCH3 is 1. The average molecular weight is 346 g/mol. The van der Waals surface area contributed by atoms with Crippen LogP contribution in [0.4, 0.5) is 5.82 Å². The van der Waals surface area contributed by atoms with Crippen molar-refractivity contribution in [2.24, 2.45) is 0 Å². The van der Waals surface area contributed by atoms with E-state index in [1.165, 1.54) is 0 Å². The quantitative estimate of drug-likeness (QED) is 0.768. The summed E-state index contributed by atoms with van der Waals surface area (Å²) in [7, 11) is 1.60. The van der Waals surface area contributed by atoms with Crippen molar-refractivity contribution in [1.29, 1.82) is 5.26 Å². The largest absolute Gasteiger partial charge is 0.496 e. The molecule has 0 spiro atoms. The summed E-state index contributed by atoms with van der Waals surface area (Å²) < 4.78 is 7.03. The van der Waals surface area contributed by atoms with Crippen LogP contribution in [0.5, 0.6) is 5.75 Å². The zero-order valence-corrected chi connectivity index (χ0v) is 14.6. The van der Waals surface area contributed by atoms with Gasteiger partial charge >= 0.3 is 0 Å². The van der Waals surface area contributed by atoms with E-state index >= 15 is 0 Å². The number of aryl methyl sites for hydroxylation is 1. The number of hydrogen-bond acceptors (Lipinski definition) is 4. The van der Waals surface area contributed by atoms with Gasteiger partial charge < -0.3 is 14.6 Å². The molecule has 130 valence electrons. The van der Waals surface area contributed by atoms with Gasteiger partial charge in [-0.15, -0.1) is 0 Å². The Balaban J connectivity index is 1.86. The summed E-state index contributed by atoms with van der Waals surface area (Å²) in [6.45, 7) is 2.28.